The molecule has 7 nitrogen and oxygen atoms in total. The lowest BCUT2D eigenvalue weighted by Crippen LogP contribution is -2.16. The third-order valence-corrected chi connectivity index (χ3v) is 21.7. The van der Waals surface area contributed by atoms with Crippen molar-refractivity contribution in [2.45, 2.75) is 38.5 Å². The molecule has 0 fully saturated rings. The molecule has 518 valence electrons. The molecule has 0 N–H and O–H groups in total. The summed E-state index contributed by atoms with van der Waals surface area (Å²) in [5.41, 5.74) is 23.8. The van der Waals surface area contributed by atoms with Crippen LogP contribution in [0.1, 0.15) is 49.9 Å². The van der Waals surface area contributed by atoms with Gasteiger partial charge in [-0.25, -0.2) is 0 Å². The zero-order valence-electron chi connectivity index (χ0n) is 58.1. The van der Waals surface area contributed by atoms with E-state index in [0.29, 0.717) is 21.9 Å². The minimum absolute atomic E-state index is 0.0907. The molecule has 3 heterocycles. The minimum atomic E-state index is -2.56. The maximum atomic E-state index is 14.7. The van der Waals surface area contributed by atoms with Gasteiger partial charge in [-0.1, -0.05) is 173 Å². The van der Waals surface area contributed by atoms with Crippen molar-refractivity contribution in [3.05, 3.63) is 350 Å². The maximum Gasteiger partial charge on any atom is 0.344 e. The normalized spacial score (nSPS) is 13.1. The Morgan fingerprint density at radius 3 is 1.01 bits per heavy atom. The van der Waals surface area contributed by atoms with E-state index in [0.717, 1.165) is 134 Å². The van der Waals surface area contributed by atoms with Crippen molar-refractivity contribution in [1.29, 1.82) is 0 Å². The second-order valence-electron chi connectivity index (χ2n) is 28.5. The predicted molar refractivity (Wildman–Crippen MR) is 420 cm³/mol. The predicted octanol–water partition coefficient (Wildman–Crippen LogP) is 27.5. The largest absolute Gasteiger partial charge is 0.456 e. The van der Waals surface area contributed by atoms with Crippen molar-refractivity contribution in [2.75, 3.05) is 9.80 Å². The second-order valence-corrected chi connectivity index (χ2v) is 28.5. The van der Waals surface area contributed by atoms with Crippen LogP contribution in [-0.4, -0.2) is 9.13 Å². The van der Waals surface area contributed by atoms with E-state index in [-0.39, 0.29) is 22.3 Å². The van der Waals surface area contributed by atoms with Crippen LogP contribution in [0.15, 0.2) is 332 Å². The second kappa shape index (κ2) is 24.7. The number of fused-ring (bicyclic) bond motifs is 15. The molecule has 107 heavy (non-hydrogen) atoms. The monoisotopic (exact) mass is 1410 g/mol. The Morgan fingerprint density at radius 1 is 0.290 bits per heavy atom. The first-order valence-electron chi connectivity index (χ1n) is 35.3. The number of rotatable bonds is 14. The summed E-state index contributed by atoms with van der Waals surface area (Å²) in [5, 5.41) is 4.56. The number of aromatic nitrogens is 2. The molecule has 0 atom stereocenters. The summed E-state index contributed by atoms with van der Waals surface area (Å²) < 4.78 is 106. The molecule has 0 saturated heterocycles. The van der Waals surface area contributed by atoms with Gasteiger partial charge in [-0.05, 0) is 212 Å². The Hall–Kier alpha value is -13.3. The first-order valence-corrected chi connectivity index (χ1v) is 35.3. The third-order valence-electron chi connectivity index (χ3n) is 21.7. The first-order chi connectivity index (χ1) is 52.0. The molecule has 0 saturated carbocycles. The quantitative estimate of drug-likeness (QED) is 0.0802. The smallest absolute Gasteiger partial charge is 0.344 e. The minimum Gasteiger partial charge on any atom is -0.456 e. The summed E-state index contributed by atoms with van der Waals surface area (Å²) in [6.07, 6.45) is -5.12. The Balaban J connectivity index is 0.778. The zero-order valence-corrected chi connectivity index (χ0v) is 58.1. The SMILES string of the molecule is CC1(C)c2ccccc2-c2ccc(N(c3ccc4c(c3)oc3cc(N(c5ccc6c(c5)C(C)(C)c5ccccc5-6)c5ccc6c(c5)c5cc(OC(F)=C(F)F)ccc5n6-c5ccc(-c6ccccc6)cc5)ccc34)c3ccc4c(c3)c3cc(OC(F)=C(F)F)ccc3n4-c3ccc(-c4ccccc4)cc3)cc21. The number of halogens is 6. The Morgan fingerprint density at radius 2 is 0.607 bits per heavy atom. The van der Waals surface area contributed by atoms with Gasteiger partial charge in [0.15, 0.2) is 0 Å². The van der Waals surface area contributed by atoms with Crippen LogP contribution in [0.3, 0.4) is 0 Å². The molecule has 0 amide bonds. The molecule has 19 rings (SSSR count). The van der Waals surface area contributed by atoms with E-state index in [1.807, 2.05) is 36.4 Å². The highest BCUT2D eigenvalue weighted by atomic mass is 19.3. The van der Waals surface area contributed by atoms with E-state index in [1.165, 1.54) is 34.4 Å². The van der Waals surface area contributed by atoms with Crippen molar-refractivity contribution in [1.82, 2.24) is 9.13 Å². The van der Waals surface area contributed by atoms with Gasteiger partial charge >= 0.3 is 24.2 Å². The average Bonchev–Trinajstić information content (AvgIpc) is 1.62. The van der Waals surface area contributed by atoms with Crippen LogP contribution in [0.2, 0.25) is 0 Å². The number of nitrogens with zero attached hydrogens (tertiary/aromatic N) is 4. The first kappa shape index (κ1) is 64.6. The molecule has 0 bridgehead atoms. The van der Waals surface area contributed by atoms with Crippen molar-refractivity contribution >= 4 is 99.7 Å². The lowest BCUT2D eigenvalue weighted by Gasteiger charge is -2.28. The van der Waals surface area contributed by atoms with Crippen LogP contribution in [-0.2, 0) is 10.8 Å². The Bertz CT molecular complexity index is 6190. The lowest BCUT2D eigenvalue weighted by molar-refractivity contribution is 0.241. The fraction of sp³-hybridized carbons (Fsp3) is 0.0638. The highest BCUT2D eigenvalue weighted by Crippen LogP contribution is 2.54. The summed E-state index contributed by atoms with van der Waals surface area (Å²) in [7, 11) is 0. The fourth-order valence-corrected chi connectivity index (χ4v) is 16.7. The molecule has 2 aliphatic rings. The van der Waals surface area contributed by atoms with E-state index < -0.39 is 24.2 Å². The number of benzene rings is 14. The summed E-state index contributed by atoms with van der Waals surface area (Å²) >= 11 is 0. The van der Waals surface area contributed by atoms with Crippen LogP contribution in [0.25, 0.3) is 121 Å². The van der Waals surface area contributed by atoms with E-state index in [1.54, 1.807) is 24.3 Å². The standard InChI is InChI=1S/C94H62F6N4O3/c1-93(2)79-21-13-11-19-69(79)71-39-31-63(49-81(71)93)101(61-35-43-83-75(47-61)77-53-67(105-91(99)89(95)96)37-45-85(77)103(83)59-27-23-57(24-28-59)55-15-7-5-8-16-55)65-33-41-73-74-42-34-66(52-88(74)107-87(73)51-65)102(64-32-40-72-70-20-12-14-22-80(70)94(3,4)82(72)50-64)62-36-44-84-76(48-62)78-54-68(106-92(100)90(97)98)38-46-86(78)104(84)60-29-25-58(26-30-60)56-17-9-6-10-18-56/h5-54H,1-4H3. The van der Waals surface area contributed by atoms with Gasteiger partial charge in [-0.3, -0.25) is 0 Å². The fourth-order valence-electron chi connectivity index (χ4n) is 16.7. The van der Waals surface area contributed by atoms with Crippen molar-refractivity contribution in [2.24, 2.45) is 0 Å². The molecular formula is C94H62F6N4O3. The van der Waals surface area contributed by atoms with Gasteiger partial charge in [0.25, 0.3) is 0 Å². The topological polar surface area (TPSA) is 47.9 Å². The summed E-state index contributed by atoms with van der Waals surface area (Å²) in [6, 6.07) is 97.8. The molecule has 0 radical (unpaired) electrons. The molecular weight excluding hydrogens is 1350 g/mol. The molecule has 0 unspecified atom stereocenters. The van der Waals surface area contributed by atoms with Gasteiger partial charge in [0.1, 0.15) is 22.7 Å². The number of anilines is 6. The van der Waals surface area contributed by atoms with Gasteiger partial charge in [0.05, 0.1) is 22.1 Å². The van der Waals surface area contributed by atoms with Crippen LogP contribution in [0, 0.1) is 0 Å². The third kappa shape index (κ3) is 10.6. The summed E-state index contributed by atoms with van der Waals surface area (Å²) in [6.45, 7) is 9.02. The Kier molecular flexibility index (Phi) is 14.9. The zero-order chi connectivity index (χ0) is 72.7. The van der Waals surface area contributed by atoms with Crippen molar-refractivity contribution < 1.29 is 40.2 Å². The van der Waals surface area contributed by atoms with E-state index in [4.69, 9.17) is 13.9 Å². The number of furan rings is 1. The molecule has 3 aromatic heterocycles. The highest BCUT2D eigenvalue weighted by Gasteiger charge is 2.38. The van der Waals surface area contributed by atoms with Gasteiger partial charge in [0, 0.05) is 101 Å². The number of hydrogen-bond donors (Lipinski definition) is 0. The Labute approximate surface area is 611 Å². The van der Waals surface area contributed by atoms with Crippen LogP contribution in [0.5, 0.6) is 11.5 Å². The van der Waals surface area contributed by atoms with Crippen LogP contribution in [0.4, 0.5) is 60.5 Å². The highest BCUT2D eigenvalue weighted by molar-refractivity contribution is 6.14. The van der Waals surface area contributed by atoms with Crippen LogP contribution >= 0.6 is 0 Å². The number of ether oxygens (including phenoxy) is 2. The molecule has 0 spiro atoms. The van der Waals surface area contributed by atoms with Gasteiger partial charge in [-0.2, -0.15) is 26.3 Å². The molecule has 17 aromatic rings. The molecule has 13 heteroatoms. The van der Waals surface area contributed by atoms with E-state index >= 15 is 0 Å². The number of hydrogen-bond acceptors (Lipinski definition) is 5. The lowest BCUT2D eigenvalue weighted by atomic mass is 9.82. The van der Waals surface area contributed by atoms with E-state index in [9.17, 15) is 26.3 Å². The van der Waals surface area contributed by atoms with E-state index in [2.05, 4.69) is 277 Å². The van der Waals surface area contributed by atoms with Crippen molar-refractivity contribution in [3.8, 4) is 67.4 Å². The van der Waals surface area contributed by atoms with Gasteiger partial charge in [0.2, 0.25) is 0 Å². The van der Waals surface area contributed by atoms with Crippen molar-refractivity contribution in [3.63, 3.8) is 0 Å². The molecule has 0 aliphatic heterocycles. The summed E-state index contributed by atoms with van der Waals surface area (Å²) in [4.78, 5) is 4.42. The molecule has 14 aromatic carbocycles. The van der Waals surface area contributed by atoms with Gasteiger partial charge < -0.3 is 32.8 Å². The van der Waals surface area contributed by atoms with Crippen LogP contribution < -0.4 is 19.3 Å². The van der Waals surface area contributed by atoms with Gasteiger partial charge in [-0.15, -0.1) is 0 Å². The molecule has 2 aliphatic carbocycles. The average molecular weight is 1410 g/mol. The maximum absolute atomic E-state index is 14.7. The summed E-state index contributed by atoms with van der Waals surface area (Å²) in [5.74, 6) is -0.181.